The Morgan fingerprint density at radius 3 is 2.89 bits per heavy atom. The van der Waals surface area contributed by atoms with Gasteiger partial charge in [-0.15, -0.1) is 11.8 Å². The molecule has 2 unspecified atom stereocenters. The Balaban J connectivity index is 1.35. The van der Waals surface area contributed by atoms with Crippen LogP contribution in [-0.4, -0.2) is 63.4 Å². The Labute approximate surface area is 215 Å². The number of halogens is 1. The first kappa shape index (κ1) is 26.3. The van der Waals surface area contributed by atoms with E-state index in [4.69, 9.17) is 4.74 Å². The number of alkyl halides is 1. The van der Waals surface area contributed by atoms with Gasteiger partial charge in [-0.05, 0) is 80.0 Å². The van der Waals surface area contributed by atoms with Crippen LogP contribution in [0, 0.1) is 11.8 Å². The van der Waals surface area contributed by atoms with Crippen LogP contribution < -0.4 is 4.74 Å². The highest BCUT2D eigenvalue weighted by Crippen LogP contribution is 2.36. The van der Waals surface area contributed by atoms with Crippen LogP contribution >= 0.6 is 11.8 Å². The highest BCUT2D eigenvalue weighted by atomic mass is 32.2. The lowest BCUT2D eigenvalue weighted by atomic mass is 9.79. The Bertz CT molecular complexity index is 1140. The summed E-state index contributed by atoms with van der Waals surface area (Å²) in [7, 11) is 1.60. The van der Waals surface area contributed by atoms with Gasteiger partial charge in [0.2, 0.25) is 0 Å². The Morgan fingerprint density at radius 2 is 2.11 bits per heavy atom. The maximum absolute atomic E-state index is 15.5. The van der Waals surface area contributed by atoms with E-state index in [2.05, 4.69) is 19.9 Å². The predicted molar refractivity (Wildman–Crippen MR) is 139 cm³/mol. The van der Waals surface area contributed by atoms with Gasteiger partial charge in [0.05, 0.1) is 17.7 Å². The van der Waals surface area contributed by atoms with E-state index < -0.39 is 12.1 Å². The number of thioether (sulfide) groups is 1. The molecule has 1 aliphatic heterocycles. The molecule has 7 nitrogen and oxygen atoms in total. The van der Waals surface area contributed by atoms with Crippen LogP contribution in [0.3, 0.4) is 0 Å². The number of carbonyl (C=O) groups is 1. The van der Waals surface area contributed by atoms with Crippen molar-refractivity contribution in [1.82, 2.24) is 19.9 Å². The lowest BCUT2D eigenvalue weighted by Crippen LogP contribution is -2.41. The molecule has 192 valence electrons. The number of nitrogens with zero attached hydrogens (tertiary/aromatic N) is 4. The van der Waals surface area contributed by atoms with Crippen molar-refractivity contribution in [2.24, 2.45) is 11.8 Å². The van der Waals surface area contributed by atoms with E-state index >= 15 is 4.39 Å². The van der Waals surface area contributed by atoms with E-state index in [-0.39, 0.29) is 12.3 Å². The number of hydrogen-bond donors (Lipinski definition) is 1. The highest BCUT2D eigenvalue weighted by Gasteiger charge is 2.30. The van der Waals surface area contributed by atoms with Crippen LogP contribution in [0.1, 0.15) is 43.8 Å². The molecule has 0 bridgehead atoms. The normalized spacial score (nSPS) is 19.3. The summed E-state index contributed by atoms with van der Waals surface area (Å²) in [6, 6.07) is 9.19. The Hall–Kier alpha value is -2.78. The van der Waals surface area contributed by atoms with Gasteiger partial charge in [0, 0.05) is 43.0 Å². The number of carboxylic acids is 1. The largest absolute Gasteiger partial charge is 0.497 e. The van der Waals surface area contributed by atoms with E-state index in [0.29, 0.717) is 30.1 Å². The SMILES string of the molecule is COc1ccc2nccc([C@@H](F)CCC3CCN(CCSc4ccncn4)CC3CCC(=O)O)c2c1. The summed E-state index contributed by atoms with van der Waals surface area (Å²) in [5.41, 5.74) is 1.39. The summed E-state index contributed by atoms with van der Waals surface area (Å²) in [6.07, 6.45) is 6.73. The molecule has 3 aromatic rings. The number of likely N-dealkylation sites (tertiary alicyclic amines) is 1. The van der Waals surface area contributed by atoms with Gasteiger partial charge in [-0.1, -0.05) is 0 Å². The maximum Gasteiger partial charge on any atom is 0.303 e. The molecule has 0 spiro atoms. The molecule has 1 saturated heterocycles. The first-order valence-corrected chi connectivity index (χ1v) is 13.4. The lowest BCUT2D eigenvalue weighted by molar-refractivity contribution is -0.137. The van der Waals surface area contributed by atoms with Gasteiger partial charge in [-0.2, -0.15) is 0 Å². The highest BCUT2D eigenvalue weighted by molar-refractivity contribution is 7.99. The second kappa shape index (κ2) is 13.0. The molecule has 3 atom stereocenters. The molecule has 2 aromatic heterocycles. The smallest absolute Gasteiger partial charge is 0.303 e. The zero-order valence-corrected chi connectivity index (χ0v) is 21.4. The molecule has 1 aliphatic rings. The minimum Gasteiger partial charge on any atom is -0.497 e. The van der Waals surface area contributed by atoms with E-state index in [1.165, 1.54) is 0 Å². The molecule has 1 aromatic carbocycles. The molecule has 4 rings (SSSR count). The topological polar surface area (TPSA) is 88.4 Å². The minimum atomic E-state index is -1.11. The third-order valence-electron chi connectivity index (χ3n) is 7.03. The molecule has 0 amide bonds. The molecule has 9 heteroatoms. The Morgan fingerprint density at radius 1 is 1.22 bits per heavy atom. The van der Waals surface area contributed by atoms with E-state index in [9.17, 15) is 9.90 Å². The number of pyridine rings is 1. The lowest BCUT2D eigenvalue weighted by Gasteiger charge is -2.39. The van der Waals surface area contributed by atoms with Crippen molar-refractivity contribution < 1.29 is 19.0 Å². The third kappa shape index (κ3) is 7.13. The number of ether oxygens (including phenoxy) is 1. The molecule has 1 fully saturated rings. The average Bonchev–Trinajstić information content (AvgIpc) is 2.91. The van der Waals surface area contributed by atoms with Gasteiger partial charge in [0.1, 0.15) is 18.2 Å². The van der Waals surface area contributed by atoms with Crippen LogP contribution in [0.4, 0.5) is 4.39 Å². The number of rotatable bonds is 12. The number of carboxylic acid groups (broad SMARTS) is 1. The van der Waals surface area contributed by atoms with Crippen molar-refractivity contribution in [3.63, 3.8) is 0 Å². The average molecular weight is 513 g/mol. The van der Waals surface area contributed by atoms with Crippen LogP contribution in [0.15, 0.2) is 54.1 Å². The van der Waals surface area contributed by atoms with Crippen molar-refractivity contribution >= 4 is 28.6 Å². The Kier molecular flexibility index (Phi) is 9.47. The number of piperidine rings is 1. The first-order chi connectivity index (χ1) is 17.5. The molecular weight excluding hydrogens is 479 g/mol. The molecule has 0 aliphatic carbocycles. The van der Waals surface area contributed by atoms with Crippen molar-refractivity contribution in [1.29, 1.82) is 0 Å². The number of aliphatic carboxylic acids is 1. The summed E-state index contributed by atoms with van der Waals surface area (Å²) in [4.78, 5) is 26.3. The summed E-state index contributed by atoms with van der Waals surface area (Å²) in [5, 5.41) is 11.0. The standard InChI is InChI=1S/C27H33FN4O3S/c1-35-21-4-6-25-23(16-21)22(8-12-30-25)24(28)5-2-19-10-13-32(17-20(19)3-7-27(33)34)14-15-36-26-9-11-29-18-31-26/h4,6,8-9,11-12,16,18-20,24H,2-3,5,7,10,13-15,17H2,1H3,(H,33,34)/t19?,20?,24-/m0/s1. The molecular formula is C27H33FN4O3S. The second-order valence-corrected chi connectivity index (χ2v) is 10.4. The van der Waals surface area contributed by atoms with Crippen molar-refractivity contribution in [2.75, 3.05) is 32.5 Å². The fourth-order valence-electron chi connectivity index (χ4n) is 5.08. The molecule has 0 saturated carbocycles. The number of aromatic nitrogens is 3. The van der Waals surface area contributed by atoms with E-state index in [0.717, 1.165) is 54.2 Å². The van der Waals surface area contributed by atoms with Crippen LogP contribution in [0.2, 0.25) is 0 Å². The first-order valence-electron chi connectivity index (χ1n) is 12.4. The van der Waals surface area contributed by atoms with Crippen molar-refractivity contribution in [2.45, 2.75) is 43.3 Å². The number of benzene rings is 1. The van der Waals surface area contributed by atoms with Gasteiger partial charge in [-0.25, -0.2) is 14.4 Å². The number of hydrogen-bond acceptors (Lipinski definition) is 7. The molecule has 3 heterocycles. The minimum absolute atomic E-state index is 0.151. The van der Waals surface area contributed by atoms with E-state index in [1.54, 1.807) is 43.7 Å². The van der Waals surface area contributed by atoms with Crippen LogP contribution in [0.5, 0.6) is 5.75 Å². The van der Waals surface area contributed by atoms with Crippen molar-refractivity contribution in [3.05, 3.63) is 54.6 Å². The van der Waals surface area contributed by atoms with E-state index in [1.807, 2.05) is 24.3 Å². The summed E-state index contributed by atoms with van der Waals surface area (Å²) < 4.78 is 20.8. The zero-order valence-electron chi connectivity index (χ0n) is 20.6. The fraction of sp³-hybridized carbons (Fsp3) is 0.481. The molecule has 0 radical (unpaired) electrons. The van der Waals surface area contributed by atoms with Gasteiger partial charge >= 0.3 is 5.97 Å². The molecule has 1 N–H and O–H groups in total. The van der Waals surface area contributed by atoms with Crippen LogP contribution in [0.25, 0.3) is 10.9 Å². The second-order valence-electron chi connectivity index (χ2n) is 9.27. The quantitative estimate of drug-likeness (QED) is 0.254. The summed E-state index contributed by atoms with van der Waals surface area (Å²) in [6.45, 7) is 2.72. The van der Waals surface area contributed by atoms with Gasteiger partial charge in [-0.3, -0.25) is 9.78 Å². The maximum atomic E-state index is 15.5. The fourth-order valence-corrected chi connectivity index (χ4v) is 5.92. The van der Waals surface area contributed by atoms with Gasteiger partial charge in [0.15, 0.2) is 0 Å². The predicted octanol–water partition coefficient (Wildman–Crippen LogP) is 5.42. The third-order valence-corrected chi connectivity index (χ3v) is 7.95. The zero-order chi connectivity index (χ0) is 25.3. The van der Waals surface area contributed by atoms with Crippen LogP contribution in [-0.2, 0) is 4.79 Å². The summed E-state index contributed by atoms with van der Waals surface area (Å²) >= 11 is 1.70. The van der Waals surface area contributed by atoms with Gasteiger partial charge < -0.3 is 14.7 Å². The number of fused-ring (bicyclic) bond motifs is 1. The van der Waals surface area contributed by atoms with Crippen molar-refractivity contribution in [3.8, 4) is 5.75 Å². The number of methoxy groups -OCH3 is 1. The molecule has 36 heavy (non-hydrogen) atoms. The monoisotopic (exact) mass is 512 g/mol. The van der Waals surface area contributed by atoms with Gasteiger partial charge in [0.25, 0.3) is 0 Å². The summed E-state index contributed by atoms with van der Waals surface area (Å²) in [5.74, 6) is 1.39.